The summed E-state index contributed by atoms with van der Waals surface area (Å²) >= 11 is 13.7. The summed E-state index contributed by atoms with van der Waals surface area (Å²) < 4.78 is 5.38. The number of carbonyl (C=O) groups is 2. The molecule has 0 aliphatic rings. The molecule has 0 aromatic heterocycles. The molecule has 196 valence electrons. The minimum absolute atomic E-state index is 0.111. The Bertz CT molecular complexity index is 1180. The van der Waals surface area contributed by atoms with E-state index in [2.05, 4.69) is 5.32 Å². The summed E-state index contributed by atoms with van der Waals surface area (Å²) in [6, 6.07) is 22.2. The van der Waals surface area contributed by atoms with Crippen LogP contribution in [0.15, 0.2) is 72.8 Å². The largest absolute Gasteiger partial charge is 0.497 e. The van der Waals surface area contributed by atoms with Crippen LogP contribution in [0, 0.1) is 0 Å². The van der Waals surface area contributed by atoms with Gasteiger partial charge in [-0.1, -0.05) is 78.7 Å². The van der Waals surface area contributed by atoms with E-state index in [0.29, 0.717) is 41.1 Å². The predicted octanol–water partition coefficient (Wildman–Crippen LogP) is 6.40. The lowest BCUT2D eigenvalue weighted by atomic mass is 10.0. The summed E-state index contributed by atoms with van der Waals surface area (Å²) in [6.07, 6.45) is 1.23. The van der Waals surface area contributed by atoms with E-state index in [1.807, 2.05) is 73.7 Å². The number of ether oxygens (including phenoxy) is 1. The maximum atomic E-state index is 13.7. The second-order valence-electron chi connectivity index (χ2n) is 8.61. The van der Waals surface area contributed by atoms with Crippen molar-refractivity contribution in [1.29, 1.82) is 0 Å². The molecule has 0 unspecified atom stereocenters. The molecule has 5 nitrogen and oxygen atoms in total. The highest BCUT2D eigenvalue weighted by molar-refractivity contribution is 7.99. The van der Waals surface area contributed by atoms with Gasteiger partial charge in [0.05, 0.1) is 22.9 Å². The van der Waals surface area contributed by atoms with Gasteiger partial charge in [0, 0.05) is 25.3 Å². The predicted molar refractivity (Wildman–Crippen MR) is 153 cm³/mol. The number of hydrogen-bond acceptors (Lipinski definition) is 4. The molecule has 1 atom stereocenters. The fraction of sp³-hybridized carbons (Fsp3) is 0.310. The van der Waals surface area contributed by atoms with Gasteiger partial charge < -0.3 is 15.0 Å². The van der Waals surface area contributed by atoms with Gasteiger partial charge in [-0.15, -0.1) is 11.8 Å². The lowest BCUT2D eigenvalue weighted by Gasteiger charge is -2.31. The summed E-state index contributed by atoms with van der Waals surface area (Å²) in [5.41, 5.74) is 2.86. The number of nitrogens with zero attached hydrogens (tertiary/aromatic N) is 1. The van der Waals surface area contributed by atoms with Crippen LogP contribution in [0.1, 0.15) is 30.0 Å². The minimum atomic E-state index is -0.654. The third-order valence-electron chi connectivity index (χ3n) is 5.79. The molecule has 0 saturated carbocycles. The number of rotatable bonds is 13. The molecule has 37 heavy (non-hydrogen) atoms. The normalized spacial score (nSPS) is 11.6. The van der Waals surface area contributed by atoms with E-state index in [9.17, 15) is 9.59 Å². The molecule has 3 aromatic rings. The summed E-state index contributed by atoms with van der Waals surface area (Å²) in [4.78, 5) is 28.7. The number of halogens is 2. The molecule has 0 fully saturated rings. The van der Waals surface area contributed by atoms with Crippen LogP contribution in [0.2, 0.25) is 10.0 Å². The maximum absolute atomic E-state index is 13.7. The van der Waals surface area contributed by atoms with Gasteiger partial charge in [-0.2, -0.15) is 0 Å². The third kappa shape index (κ3) is 8.99. The lowest BCUT2D eigenvalue weighted by Crippen LogP contribution is -2.51. The molecule has 0 radical (unpaired) electrons. The Morgan fingerprint density at radius 2 is 1.70 bits per heavy atom. The van der Waals surface area contributed by atoms with E-state index in [1.54, 1.807) is 18.1 Å². The first-order chi connectivity index (χ1) is 17.9. The van der Waals surface area contributed by atoms with Gasteiger partial charge in [-0.05, 0) is 47.4 Å². The zero-order chi connectivity index (χ0) is 26.6. The Balaban J connectivity index is 1.84. The molecule has 0 saturated heterocycles. The summed E-state index contributed by atoms with van der Waals surface area (Å²) in [5.74, 6) is 1.25. The second-order valence-corrected chi connectivity index (χ2v) is 10.4. The minimum Gasteiger partial charge on any atom is -0.497 e. The first-order valence-electron chi connectivity index (χ1n) is 12.2. The van der Waals surface area contributed by atoms with Crippen molar-refractivity contribution in [2.75, 3.05) is 19.4 Å². The van der Waals surface area contributed by atoms with Crippen molar-refractivity contribution in [3.63, 3.8) is 0 Å². The van der Waals surface area contributed by atoms with Crippen LogP contribution >= 0.6 is 35.0 Å². The molecule has 1 N–H and O–H groups in total. The molecular weight excluding hydrogens is 527 g/mol. The van der Waals surface area contributed by atoms with E-state index >= 15 is 0 Å². The van der Waals surface area contributed by atoms with Crippen LogP contribution in [-0.2, 0) is 28.3 Å². The molecule has 8 heteroatoms. The van der Waals surface area contributed by atoms with Gasteiger partial charge in [-0.3, -0.25) is 9.59 Å². The first-order valence-corrected chi connectivity index (χ1v) is 14.1. The van der Waals surface area contributed by atoms with Gasteiger partial charge in [0.2, 0.25) is 11.8 Å². The topological polar surface area (TPSA) is 58.6 Å². The Labute approximate surface area is 233 Å². The summed E-state index contributed by atoms with van der Waals surface area (Å²) in [7, 11) is 1.61. The van der Waals surface area contributed by atoms with Gasteiger partial charge in [0.25, 0.3) is 0 Å². The zero-order valence-corrected chi connectivity index (χ0v) is 23.4. The summed E-state index contributed by atoms with van der Waals surface area (Å²) in [5, 5.41) is 3.98. The quantitative estimate of drug-likeness (QED) is 0.263. The van der Waals surface area contributed by atoms with Crippen molar-refractivity contribution in [3.8, 4) is 5.75 Å². The van der Waals surface area contributed by atoms with Gasteiger partial charge in [0.1, 0.15) is 11.8 Å². The van der Waals surface area contributed by atoms with E-state index < -0.39 is 6.04 Å². The van der Waals surface area contributed by atoms with Crippen LogP contribution in [0.4, 0.5) is 0 Å². The molecule has 0 aliphatic carbocycles. The fourth-order valence-corrected chi connectivity index (χ4v) is 5.03. The van der Waals surface area contributed by atoms with Crippen molar-refractivity contribution in [1.82, 2.24) is 10.2 Å². The fourth-order valence-electron chi connectivity index (χ4n) is 3.86. The molecule has 0 bridgehead atoms. The molecule has 3 aromatic carbocycles. The molecule has 3 rings (SSSR count). The monoisotopic (exact) mass is 558 g/mol. The maximum Gasteiger partial charge on any atom is 0.243 e. The van der Waals surface area contributed by atoms with E-state index in [1.165, 1.54) is 11.8 Å². The molecule has 0 heterocycles. The SMILES string of the molecule is CCCNC(=O)[C@@H](Cc1ccccc1)N(Cc1cccc(OC)c1)C(=O)CSCc1ccc(Cl)c(Cl)c1. The highest BCUT2D eigenvalue weighted by Gasteiger charge is 2.30. The number of amides is 2. The van der Waals surface area contributed by atoms with Crippen molar-refractivity contribution in [3.05, 3.63) is 99.5 Å². The van der Waals surface area contributed by atoms with Gasteiger partial charge in [0.15, 0.2) is 0 Å². The number of thioether (sulfide) groups is 1. The van der Waals surface area contributed by atoms with Crippen molar-refractivity contribution >= 4 is 46.8 Å². The number of benzene rings is 3. The zero-order valence-electron chi connectivity index (χ0n) is 21.1. The number of nitrogens with one attached hydrogen (secondary N) is 1. The van der Waals surface area contributed by atoms with Crippen molar-refractivity contribution < 1.29 is 14.3 Å². The average molecular weight is 560 g/mol. The van der Waals surface area contributed by atoms with Gasteiger partial charge in [-0.25, -0.2) is 0 Å². The number of hydrogen-bond donors (Lipinski definition) is 1. The van der Waals surface area contributed by atoms with Crippen molar-refractivity contribution in [2.45, 2.75) is 38.1 Å². The van der Waals surface area contributed by atoms with E-state index in [-0.39, 0.29) is 17.6 Å². The highest BCUT2D eigenvalue weighted by atomic mass is 35.5. The van der Waals surface area contributed by atoms with Crippen LogP contribution in [0.3, 0.4) is 0 Å². The Morgan fingerprint density at radius 1 is 0.946 bits per heavy atom. The molecule has 0 spiro atoms. The van der Waals surface area contributed by atoms with Crippen LogP contribution in [0.25, 0.3) is 0 Å². The van der Waals surface area contributed by atoms with Crippen LogP contribution in [-0.4, -0.2) is 42.2 Å². The lowest BCUT2D eigenvalue weighted by molar-refractivity contribution is -0.139. The van der Waals surface area contributed by atoms with E-state index in [0.717, 1.165) is 23.1 Å². The van der Waals surface area contributed by atoms with Crippen LogP contribution < -0.4 is 10.1 Å². The number of methoxy groups -OCH3 is 1. The second kappa shape index (κ2) is 14.9. The van der Waals surface area contributed by atoms with Crippen LogP contribution in [0.5, 0.6) is 5.75 Å². The van der Waals surface area contributed by atoms with Gasteiger partial charge >= 0.3 is 0 Å². The van der Waals surface area contributed by atoms with E-state index in [4.69, 9.17) is 27.9 Å². The smallest absolute Gasteiger partial charge is 0.243 e. The Morgan fingerprint density at radius 3 is 2.41 bits per heavy atom. The summed E-state index contributed by atoms with van der Waals surface area (Å²) in [6.45, 7) is 2.85. The third-order valence-corrected chi connectivity index (χ3v) is 7.51. The highest BCUT2D eigenvalue weighted by Crippen LogP contribution is 2.25. The average Bonchev–Trinajstić information content (AvgIpc) is 2.91. The number of carbonyl (C=O) groups excluding carboxylic acids is 2. The Kier molecular flexibility index (Phi) is 11.6. The first kappa shape index (κ1) is 28.9. The molecular formula is C29H32Cl2N2O3S. The standard InChI is InChI=1S/C29H32Cl2N2O3S/c1-3-14-32-29(35)27(17-21-8-5-4-6-9-21)33(18-22-10-7-11-24(15-22)36-2)28(34)20-37-19-23-12-13-25(30)26(31)16-23/h4-13,15-16,27H,3,14,17-20H2,1-2H3,(H,32,35)/t27-/m1/s1. The Hall–Kier alpha value is -2.67. The molecule has 0 aliphatic heterocycles. The van der Waals surface area contributed by atoms with Crippen molar-refractivity contribution in [2.24, 2.45) is 0 Å². The molecule has 2 amide bonds.